The lowest BCUT2D eigenvalue weighted by atomic mass is 10.0. The lowest BCUT2D eigenvalue weighted by Crippen LogP contribution is -2.33. The van der Waals surface area contributed by atoms with Gasteiger partial charge in [0, 0.05) is 12.0 Å². The van der Waals surface area contributed by atoms with Gasteiger partial charge >= 0.3 is 5.97 Å². The Morgan fingerprint density at radius 2 is 1.89 bits per heavy atom. The first-order chi connectivity index (χ1) is 12.8. The fraction of sp³-hybridized carbons (Fsp3) is 0.263. The van der Waals surface area contributed by atoms with E-state index in [1.807, 2.05) is 0 Å². The molecule has 8 heteroatoms. The molecule has 1 aliphatic heterocycles. The highest BCUT2D eigenvalue weighted by atomic mass is 32.2. The van der Waals surface area contributed by atoms with Crippen LogP contribution in [0.25, 0.3) is 0 Å². The van der Waals surface area contributed by atoms with E-state index in [9.17, 15) is 23.1 Å². The minimum atomic E-state index is -3.36. The summed E-state index contributed by atoms with van der Waals surface area (Å²) in [5, 5.41) is 12.0. The fourth-order valence-electron chi connectivity index (χ4n) is 2.87. The van der Waals surface area contributed by atoms with Gasteiger partial charge in [0.25, 0.3) is 5.91 Å². The number of hydrogen-bond acceptors (Lipinski definition) is 5. The van der Waals surface area contributed by atoms with Crippen LogP contribution in [-0.2, 0) is 21.1 Å². The standard InChI is InChI=1S/C19H19NO6S/c1-2-27(24,25)15-6-3-12(4-7-15)18(21)20-17(19(22)23)14-5-8-16-13(11-14)9-10-26-16/h3-8,11,17H,2,9-10H2,1H3,(H,20,21)(H,22,23). The molecule has 0 saturated heterocycles. The molecule has 0 radical (unpaired) electrons. The van der Waals surface area contributed by atoms with Gasteiger partial charge in [-0.25, -0.2) is 13.2 Å². The Morgan fingerprint density at radius 3 is 2.52 bits per heavy atom. The minimum absolute atomic E-state index is 0.0400. The van der Waals surface area contributed by atoms with Crippen molar-refractivity contribution in [1.82, 2.24) is 5.32 Å². The van der Waals surface area contributed by atoms with E-state index in [2.05, 4.69) is 5.32 Å². The molecule has 7 nitrogen and oxygen atoms in total. The quantitative estimate of drug-likeness (QED) is 0.782. The van der Waals surface area contributed by atoms with Gasteiger partial charge in [-0.3, -0.25) is 4.79 Å². The molecule has 0 bridgehead atoms. The average molecular weight is 389 g/mol. The van der Waals surface area contributed by atoms with Crippen molar-refractivity contribution in [3.05, 3.63) is 59.2 Å². The van der Waals surface area contributed by atoms with Crippen molar-refractivity contribution >= 4 is 21.7 Å². The number of aliphatic carboxylic acids is 1. The number of rotatable bonds is 6. The first-order valence-electron chi connectivity index (χ1n) is 8.44. The predicted molar refractivity (Wildman–Crippen MR) is 97.7 cm³/mol. The SMILES string of the molecule is CCS(=O)(=O)c1ccc(C(=O)NC(C(=O)O)c2ccc3c(c2)CCO3)cc1. The Morgan fingerprint density at radius 1 is 1.19 bits per heavy atom. The minimum Gasteiger partial charge on any atom is -0.493 e. The summed E-state index contributed by atoms with van der Waals surface area (Å²) in [6.07, 6.45) is 0.691. The summed E-state index contributed by atoms with van der Waals surface area (Å²) in [6.45, 7) is 2.09. The van der Waals surface area contributed by atoms with Gasteiger partial charge in [-0.2, -0.15) is 0 Å². The summed E-state index contributed by atoms with van der Waals surface area (Å²) in [7, 11) is -3.36. The van der Waals surface area contributed by atoms with E-state index in [0.29, 0.717) is 18.6 Å². The molecule has 1 amide bonds. The maximum absolute atomic E-state index is 12.4. The third-order valence-corrected chi connectivity index (χ3v) is 6.18. The Kier molecular flexibility index (Phi) is 5.18. The highest BCUT2D eigenvalue weighted by Gasteiger charge is 2.25. The molecule has 1 heterocycles. The molecule has 0 fully saturated rings. The summed E-state index contributed by atoms with van der Waals surface area (Å²) in [5.41, 5.74) is 1.54. The number of amides is 1. The number of nitrogens with one attached hydrogen (secondary N) is 1. The zero-order valence-electron chi connectivity index (χ0n) is 14.6. The van der Waals surface area contributed by atoms with Gasteiger partial charge in [0.15, 0.2) is 15.9 Å². The Hall–Kier alpha value is -2.87. The molecule has 3 rings (SSSR count). The maximum atomic E-state index is 12.4. The molecule has 2 aromatic carbocycles. The molecule has 0 saturated carbocycles. The van der Waals surface area contributed by atoms with Gasteiger partial charge < -0.3 is 15.2 Å². The molecule has 0 aliphatic carbocycles. The van der Waals surface area contributed by atoms with E-state index in [4.69, 9.17) is 4.74 Å². The van der Waals surface area contributed by atoms with E-state index in [1.54, 1.807) is 18.2 Å². The van der Waals surface area contributed by atoms with Crippen LogP contribution in [0.2, 0.25) is 0 Å². The molecule has 1 unspecified atom stereocenters. The number of carboxylic acids is 1. The van der Waals surface area contributed by atoms with E-state index in [-0.39, 0.29) is 16.2 Å². The maximum Gasteiger partial charge on any atom is 0.330 e. The largest absolute Gasteiger partial charge is 0.493 e. The van der Waals surface area contributed by atoms with Crippen molar-refractivity contribution in [2.24, 2.45) is 0 Å². The number of carbonyl (C=O) groups excluding carboxylic acids is 1. The highest BCUT2D eigenvalue weighted by Crippen LogP contribution is 2.28. The van der Waals surface area contributed by atoms with Crippen LogP contribution < -0.4 is 10.1 Å². The topological polar surface area (TPSA) is 110 Å². The van der Waals surface area contributed by atoms with Crippen molar-refractivity contribution in [2.45, 2.75) is 24.3 Å². The van der Waals surface area contributed by atoms with Crippen molar-refractivity contribution in [1.29, 1.82) is 0 Å². The van der Waals surface area contributed by atoms with Gasteiger partial charge in [0.2, 0.25) is 0 Å². The third kappa shape index (κ3) is 3.95. The van der Waals surface area contributed by atoms with E-state index < -0.39 is 27.8 Å². The van der Waals surface area contributed by atoms with E-state index in [0.717, 1.165) is 11.3 Å². The Bertz CT molecular complexity index is 982. The van der Waals surface area contributed by atoms with Crippen LogP contribution >= 0.6 is 0 Å². The first kappa shape index (κ1) is 18.9. The third-order valence-electron chi connectivity index (χ3n) is 4.42. The van der Waals surface area contributed by atoms with Crippen LogP contribution in [0, 0.1) is 0 Å². The number of carbonyl (C=O) groups is 2. The van der Waals surface area contributed by atoms with Crippen LogP contribution in [0.15, 0.2) is 47.4 Å². The average Bonchev–Trinajstić information content (AvgIpc) is 3.13. The lowest BCUT2D eigenvalue weighted by molar-refractivity contribution is -0.139. The molecule has 2 aromatic rings. The van der Waals surface area contributed by atoms with Crippen LogP contribution in [0.3, 0.4) is 0 Å². The normalized spacial score (nSPS) is 14.1. The Balaban J connectivity index is 1.81. The van der Waals surface area contributed by atoms with Crippen molar-refractivity contribution in [2.75, 3.05) is 12.4 Å². The van der Waals surface area contributed by atoms with Gasteiger partial charge in [-0.1, -0.05) is 13.0 Å². The zero-order valence-corrected chi connectivity index (χ0v) is 15.5. The number of hydrogen-bond donors (Lipinski definition) is 2. The lowest BCUT2D eigenvalue weighted by Gasteiger charge is -2.16. The molecule has 1 atom stereocenters. The van der Waals surface area contributed by atoms with Gasteiger partial charge in [0.05, 0.1) is 17.3 Å². The van der Waals surface area contributed by atoms with Crippen LogP contribution in [0.5, 0.6) is 5.75 Å². The van der Waals surface area contributed by atoms with Crippen molar-refractivity contribution in [3.63, 3.8) is 0 Å². The first-order valence-corrected chi connectivity index (χ1v) is 10.1. The highest BCUT2D eigenvalue weighted by molar-refractivity contribution is 7.91. The molecule has 2 N–H and O–H groups in total. The summed E-state index contributed by atoms with van der Waals surface area (Å²) in [4.78, 5) is 24.2. The van der Waals surface area contributed by atoms with Gasteiger partial charge in [-0.15, -0.1) is 0 Å². The second-order valence-corrected chi connectivity index (χ2v) is 8.42. The zero-order chi connectivity index (χ0) is 19.6. The second kappa shape index (κ2) is 7.40. The molecular formula is C19H19NO6S. The number of ether oxygens (including phenoxy) is 1. The summed E-state index contributed by atoms with van der Waals surface area (Å²) >= 11 is 0. The second-order valence-electron chi connectivity index (χ2n) is 6.14. The molecule has 1 aliphatic rings. The van der Waals surface area contributed by atoms with Crippen molar-refractivity contribution < 1.29 is 27.9 Å². The summed E-state index contributed by atoms with van der Waals surface area (Å²) < 4.78 is 29.1. The molecule has 0 aromatic heterocycles. The monoisotopic (exact) mass is 389 g/mol. The molecular weight excluding hydrogens is 370 g/mol. The summed E-state index contributed by atoms with van der Waals surface area (Å²) in [5.74, 6) is -1.10. The van der Waals surface area contributed by atoms with E-state index >= 15 is 0 Å². The predicted octanol–water partition coefficient (Wildman–Crippen LogP) is 1.97. The van der Waals surface area contributed by atoms with E-state index in [1.165, 1.54) is 31.2 Å². The number of carboxylic acid groups (broad SMARTS) is 1. The van der Waals surface area contributed by atoms with Crippen molar-refractivity contribution in [3.8, 4) is 5.75 Å². The van der Waals surface area contributed by atoms with Crippen LogP contribution in [0.4, 0.5) is 0 Å². The van der Waals surface area contributed by atoms with Gasteiger partial charge in [-0.05, 0) is 47.5 Å². The molecule has 27 heavy (non-hydrogen) atoms. The smallest absolute Gasteiger partial charge is 0.330 e. The molecule has 142 valence electrons. The van der Waals surface area contributed by atoms with Gasteiger partial charge in [0.1, 0.15) is 5.75 Å². The summed E-state index contributed by atoms with van der Waals surface area (Å²) in [6, 6.07) is 9.23. The fourth-order valence-corrected chi connectivity index (χ4v) is 3.75. The number of sulfone groups is 1. The Labute approximate surface area is 156 Å². The number of benzene rings is 2. The van der Waals surface area contributed by atoms with Crippen LogP contribution in [-0.4, -0.2) is 37.8 Å². The molecule has 0 spiro atoms. The number of fused-ring (bicyclic) bond motifs is 1. The van der Waals surface area contributed by atoms with Crippen LogP contribution in [0.1, 0.15) is 34.5 Å².